The average Bonchev–Trinajstić information content (AvgIpc) is 2.77. The van der Waals surface area contributed by atoms with Crippen molar-refractivity contribution in [2.75, 3.05) is 21.3 Å². The maximum Gasteiger partial charge on any atom is 0.119 e. The molecule has 28 heavy (non-hydrogen) atoms. The van der Waals surface area contributed by atoms with Gasteiger partial charge in [0.15, 0.2) is 0 Å². The Morgan fingerprint density at radius 2 is 1.00 bits per heavy atom. The molecule has 0 bridgehead atoms. The van der Waals surface area contributed by atoms with Gasteiger partial charge in [-0.1, -0.05) is 12.2 Å². The maximum atomic E-state index is 5.78. The molecule has 0 atom stereocenters. The number of hydrogen-bond acceptors (Lipinski definition) is 5. The van der Waals surface area contributed by atoms with Crippen LogP contribution in [-0.2, 0) is 0 Å². The summed E-state index contributed by atoms with van der Waals surface area (Å²) in [6.45, 7) is 0. The zero-order valence-electron chi connectivity index (χ0n) is 16.0. The third-order valence-corrected chi connectivity index (χ3v) is 4.67. The van der Waals surface area contributed by atoms with E-state index in [-0.39, 0.29) is 0 Å². The minimum absolute atomic E-state index is 0.656. The van der Waals surface area contributed by atoms with Gasteiger partial charge in [-0.25, -0.2) is 4.99 Å². The lowest BCUT2D eigenvalue weighted by Crippen LogP contribution is -2.14. The van der Waals surface area contributed by atoms with Gasteiger partial charge in [-0.05, 0) is 78.4 Å². The van der Waals surface area contributed by atoms with Crippen LogP contribution in [0.4, 0.5) is 5.69 Å². The molecule has 0 aliphatic heterocycles. The molecule has 5 heteroatoms. The van der Waals surface area contributed by atoms with E-state index < -0.39 is 0 Å². The summed E-state index contributed by atoms with van der Waals surface area (Å²) < 4.78 is 15.7. The number of benzene rings is 3. The Balaban J connectivity index is 2.03. The van der Waals surface area contributed by atoms with E-state index in [1.54, 1.807) is 21.3 Å². The molecule has 0 radical (unpaired) electrons. The molecular formula is C23H21NO3S. The first-order valence-electron chi connectivity index (χ1n) is 8.70. The largest absolute Gasteiger partial charge is 0.497 e. The Hall–Kier alpha value is -3.18. The van der Waals surface area contributed by atoms with Crippen LogP contribution in [0.3, 0.4) is 0 Å². The van der Waals surface area contributed by atoms with Gasteiger partial charge in [-0.3, -0.25) is 0 Å². The lowest BCUT2D eigenvalue weighted by molar-refractivity contribution is 0.414. The molecule has 3 aromatic rings. The zero-order chi connectivity index (χ0) is 19.9. The lowest BCUT2D eigenvalue weighted by Gasteiger charge is -2.11. The van der Waals surface area contributed by atoms with Crippen LogP contribution in [0.2, 0.25) is 0 Å². The Morgan fingerprint density at radius 3 is 1.43 bits per heavy atom. The summed E-state index contributed by atoms with van der Waals surface area (Å²) in [6.07, 6.45) is 0. The third-order valence-electron chi connectivity index (χ3n) is 4.24. The van der Waals surface area contributed by atoms with E-state index in [9.17, 15) is 0 Å². The first-order valence-corrected chi connectivity index (χ1v) is 9.11. The van der Waals surface area contributed by atoms with E-state index in [0.717, 1.165) is 34.1 Å². The second-order valence-electron chi connectivity index (χ2n) is 5.94. The number of thiocarbonyl (C=S) groups is 1. The number of hydrogen-bond donors (Lipinski definition) is 0. The SMILES string of the molecule is COc1ccc(N=C(C(=S)c2ccc(OC)cc2)c2ccc(OC)cc2)cc1. The fraction of sp³-hybridized carbons (Fsp3) is 0.130. The van der Waals surface area contributed by atoms with Crippen molar-refractivity contribution < 1.29 is 14.2 Å². The summed E-state index contributed by atoms with van der Waals surface area (Å²) in [5.41, 5.74) is 3.33. The highest BCUT2D eigenvalue weighted by atomic mass is 32.1. The van der Waals surface area contributed by atoms with Gasteiger partial charge in [0.1, 0.15) is 17.2 Å². The molecule has 0 fully saturated rings. The number of methoxy groups -OCH3 is 3. The monoisotopic (exact) mass is 391 g/mol. The highest BCUT2D eigenvalue weighted by molar-refractivity contribution is 7.82. The van der Waals surface area contributed by atoms with Crippen molar-refractivity contribution in [3.05, 3.63) is 83.9 Å². The van der Waals surface area contributed by atoms with Crippen molar-refractivity contribution in [3.8, 4) is 17.2 Å². The number of nitrogens with zero attached hydrogens (tertiary/aromatic N) is 1. The van der Waals surface area contributed by atoms with Crippen LogP contribution in [-0.4, -0.2) is 31.9 Å². The topological polar surface area (TPSA) is 40.0 Å². The summed E-state index contributed by atoms with van der Waals surface area (Å²) in [7, 11) is 4.92. The van der Waals surface area contributed by atoms with Crippen LogP contribution in [0.25, 0.3) is 0 Å². The van der Waals surface area contributed by atoms with Crippen molar-refractivity contribution in [1.82, 2.24) is 0 Å². The Kier molecular flexibility index (Phi) is 6.40. The molecule has 0 saturated heterocycles. The predicted molar refractivity (Wildman–Crippen MR) is 117 cm³/mol. The van der Waals surface area contributed by atoms with Gasteiger partial charge in [-0.15, -0.1) is 0 Å². The van der Waals surface area contributed by atoms with E-state index in [1.807, 2.05) is 72.8 Å². The highest BCUT2D eigenvalue weighted by Gasteiger charge is 2.13. The quantitative estimate of drug-likeness (QED) is 0.313. The standard InChI is InChI=1S/C23H21NO3S/c1-25-19-10-4-16(5-11-19)22(24-18-8-14-21(27-3)15-9-18)23(28)17-6-12-20(26-2)13-7-17/h4-15H,1-3H3. The summed E-state index contributed by atoms with van der Waals surface area (Å²) in [5, 5.41) is 0. The van der Waals surface area contributed by atoms with Crippen LogP contribution in [0.15, 0.2) is 77.8 Å². The van der Waals surface area contributed by atoms with E-state index in [4.69, 9.17) is 31.4 Å². The Labute approximate surface area is 170 Å². The molecule has 0 heterocycles. The van der Waals surface area contributed by atoms with Gasteiger partial charge in [0, 0.05) is 5.56 Å². The molecule has 4 nitrogen and oxygen atoms in total. The van der Waals surface area contributed by atoms with Crippen LogP contribution >= 0.6 is 12.2 Å². The molecule has 0 N–H and O–H groups in total. The van der Waals surface area contributed by atoms with E-state index in [0.29, 0.717) is 10.6 Å². The minimum atomic E-state index is 0.656. The van der Waals surface area contributed by atoms with Crippen LogP contribution in [0, 0.1) is 0 Å². The Morgan fingerprint density at radius 1 is 0.607 bits per heavy atom. The molecule has 0 aliphatic rings. The highest BCUT2D eigenvalue weighted by Crippen LogP contribution is 2.22. The molecule has 0 amide bonds. The van der Waals surface area contributed by atoms with Crippen LogP contribution < -0.4 is 14.2 Å². The molecule has 0 spiro atoms. The maximum absolute atomic E-state index is 5.78. The Bertz CT molecular complexity index is 962. The number of ether oxygens (including phenoxy) is 3. The van der Waals surface area contributed by atoms with E-state index >= 15 is 0 Å². The zero-order valence-corrected chi connectivity index (χ0v) is 16.8. The lowest BCUT2D eigenvalue weighted by atomic mass is 10.0. The summed E-state index contributed by atoms with van der Waals surface area (Å²) in [4.78, 5) is 5.48. The molecular weight excluding hydrogens is 370 g/mol. The first-order chi connectivity index (χ1) is 13.6. The molecule has 3 rings (SSSR count). The average molecular weight is 391 g/mol. The fourth-order valence-electron chi connectivity index (χ4n) is 2.66. The van der Waals surface area contributed by atoms with Crippen LogP contribution in [0.5, 0.6) is 17.2 Å². The molecule has 0 aromatic heterocycles. The van der Waals surface area contributed by atoms with Crippen molar-refractivity contribution in [1.29, 1.82) is 0 Å². The van der Waals surface area contributed by atoms with Gasteiger partial charge in [0.25, 0.3) is 0 Å². The van der Waals surface area contributed by atoms with Crippen molar-refractivity contribution in [2.45, 2.75) is 0 Å². The van der Waals surface area contributed by atoms with Crippen LogP contribution in [0.1, 0.15) is 11.1 Å². The third kappa shape index (κ3) is 4.56. The summed E-state index contributed by atoms with van der Waals surface area (Å²) >= 11 is 5.78. The van der Waals surface area contributed by atoms with Gasteiger partial charge in [0.05, 0.1) is 37.6 Å². The smallest absolute Gasteiger partial charge is 0.119 e. The van der Waals surface area contributed by atoms with Gasteiger partial charge < -0.3 is 14.2 Å². The number of aliphatic imine (C=N–C) groups is 1. The molecule has 0 unspecified atom stereocenters. The second kappa shape index (κ2) is 9.15. The van der Waals surface area contributed by atoms with E-state index in [2.05, 4.69) is 0 Å². The first kappa shape index (κ1) is 19.6. The van der Waals surface area contributed by atoms with Gasteiger partial charge in [0.2, 0.25) is 0 Å². The molecule has 0 saturated carbocycles. The molecule has 0 aliphatic carbocycles. The summed E-state index contributed by atoms with van der Waals surface area (Å²) in [6, 6.07) is 22.9. The fourth-order valence-corrected chi connectivity index (χ4v) is 2.96. The van der Waals surface area contributed by atoms with Crippen molar-refractivity contribution in [3.63, 3.8) is 0 Å². The van der Waals surface area contributed by atoms with E-state index in [1.165, 1.54) is 0 Å². The molecule has 142 valence electrons. The summed E-state index contributed by atoms with van der Waals surface area (Å²) in [5.74, 6) is 2.34. The normalized spacial score (nSPS) is 11.0. The second-order valence-corrected chi connectivity index (χ2v) is 6.35. The predicted octanol–water partition coefficient (Wildman–Crippen LogP) is 5.25. The minimum Gasteiger partial charge on any atom is -0.497 e. The number of rotatable bonds is 7. The van der Waals surface area contributed by atoms with Gasteiger partial charge >= 0.3 is 0 Å². The van der Waals surface area contributed by atoms with Crippen molar-refractivity contribution in [2.24, 2.45) is 4.99 Å². The van der Waals surface area contributed by atoms with Gasteiger partial charge in [-0.2, -0.15) is 0 Å². The molecule has 3 aromatic carbocycles. The van der Waals surface area contributed by atoms with Crippen molar-refractivity contribution >= 4 is 28.5 Å².